The molecule has 0 bridgehead atoms. The Morgan fingerprint density at radius 2 is 1.77 bits per heavy atom. The van der Waals surface area contributed by atoms with E-state index in [1.807, 2.05) is 25.9 Å². The third-order valence-electron chi connectivity index (χ3n) is 2.26. The average Bonchev–Trinajstić information content (AvgIpc) is 2.08. The van der Waals surface area contributed by atoms with E-state index in [0.29, 0.717) is 0 Å². The summed E-state index contributed by atoms with van der Waals surface area (Å²) in [5.41, 5.74) is 0.986. The SMILES string of the molecule is CC(c1ccc(O)c(O)c1)N(C)C. The van der Waals surface area contributed by atoms with E-state index in [1.54, 1.807) is 12.1 Å². The molecule has 1 aromatic carbocycles. The number of nitrogens with zero attached hydrogens (tertiary/aromatic N) is 1. The number of aromatic hydroxyl groups is 2. The van der Waals surface area contributed by atoms with Gasteiger partial charge in [0.25, 0.3) is 0 Å². The van der Waals surface area contributed by atoms with Crippen molar-refractivity contribution >= 4 is 0 Å². The molecule has 0 spiro atoms. The molecule has 0 aliphatic heterocycles. The molecule has 0 heterocycles. The zero-order chi connectivity index (χ0) is 10.0. The molecule has 0 aliphatic carbocycles. The number of hydrogen-bond acceptors (Lipinski definition) is 3. The summed E-state index contributed by atoms with van der Waals surface area (Å²) >= 11 is 0. The van der Waals surface area contributed by atoms with Gasteiger partial charge in [0.2, 0.25) is 0 Å². The van der Waals surface area contributed by atoms with Crippen LogP contribution in [0, 0.1) is 0 Å². The second kappa shape index (κ2) is 3.66. The number of hydrogen-bond donors (Lipinski definition) is 2. The molecule has 1 unspecified atom stereocenters. The van der Waals surface area contributed by atoms with Gasteiger partial charge in [0, 0.05) is 6.04 Å². The number of rotatable bonds is 2. The fourth-order valence-electron chi connectivity index (χ4n) is 1.10. The van der Waals surface area contributed by atoms with E-state index in [4.69, 9.17) is 5.11 Å². The van der Waals surface area contributed by atoms with Crippen LogP contribution in [0.3, 0.4) is 0 Å². The highest BCUT2D eigenvalue weighted by atomic mass is 16.3. The molecule has 0 amide bonds. The minimum absolute atomic E-state index is 0.0637. The summed E-state index contributed by atoms with van der Waals surface area (Å²) in [7, 11) is 3.93. The lowest BCUT2D eigenvalue weighted by Crippen LogP contribution is -2.16. The molecule has 0 saturated carbocycles. The van der Waals surface area contributed by atoms with E-state index < -0.39 is 0 Å². The molecular weight excluding hydrogens is 166 g/mol. The van der Waals surface area contributed by atoms with Gasteiger partial charge in [-0.25, -0.2) is 0 Å². The predicted octanol–water partition coefficient (Wildman–Crippen LogP) is 1.72. The van der Waals surface area contributed by atoms with Crippen LogP contribution in [0.4, 0.5) is 0 Å². The topological polar surface area (TPSA) is 43.7 Å². The van der Waals surface area contributed by atoms with Gasteiger partial charge in [-0.05, 0) is 38.7 Å². The zero-order valence-electron chi connectivity index (χ0n) is 8.15. The van der Waals surface area contributed by atoms with Crippen molar-refractivity contribution in [2.45, 2.75) is 13.0 Å². The second-order valence-electron chi connectivity index (χ2n) is 3.39. The van der Waals surface area contributed by atoms with Gasteiger partial charge in [-0.2, -0.15) is 0 Å². The Balaban J connectivity index is 2.97. The molecule has 1 atom stereocenters. The van der Waals surface area contributed by atoms with Crippen molar-refractivity contribution in [1.29, 1.82) is 0 Å². The van der Waals surface area contributed by atoms with Crippen molar-refractivity contribution in [3.05, 3.63) is 23.8 Å². The molecule has 0 aliphatic rings. The van der Waals surface area contributed by atoms with E-state index in [9.17, 15) is 5.11 Å². The molecule has 72 valence electrons. The van der Waals surface area contributed by atoms with Gasteiger partial charge in [-0.1, -0.05) is 6.07 Å². The summed E-state index contributed by atoms with van der Waals surface area (Å²) in [6.07, 6.45) is 0. The van der Waals surface area contributed by atoms with Gasteiger partial charge < -0.3 is 15.1 Å². The maximum absolute atomic E-state index is 9.26. The van der Waals surface area contributed by atoms with Crippen LogP contribution in [0.15, 0.2) is 18.2 Å². The first-order chi connectivity index (χ1) is 6.02. The summed E-state index contributed by atoms with van der Waals surface area (Å²) in [5.74, 6) is -0.138. The maximum atomic E-state index is 9.26. The van der Waals surface area contributed by atoms with Crippen molar-refractivity contribution in [3.63, 3.8) is 0 Å². The van der Waals surface area contributed by atoms with Crippen LogP contribution in [0.5, 0.6) is 11.5 Å². The van der Waals surface area contributed by atoms with Gasteiger partial charge in [0.1, 0.15) is 0 Å². The fraction of sp³-hybridized carbons (Fsp3) is 0.400. The van der Waals surface area contributed by atoms with Crippen LogP contribution < -0.4 is 0 Å². The van der Waals surface area contributed by atoms with Gasteiger partial charge in [0.05, 0.1) is 0 Å². The smallest absolute Gasteiger partial charge is 0.157 e. The van der Waals surface area contributed by atoms with E-state index in [2.05, 4.69) is 0 Å². The van der Waals surface area contributed by atoms with Crippen LogP contribution in [-0.2, 0) is 0 Å². The highest BCUT2D eigenvalue weighted by Gasteiger charge is 2.09. The van der Waals surface area contributed by atoms with Gasteiger partial charge in [0.15, 0.2) is 11.5 Å². The number of phenolic OH excluding ortho intramolecular Hbond substituents is 2. The van der Waals surface area contributed by atoms with Crippen LogP contribution in [0.1, 0.15) is 18.5 Å². The Morgan fingerprint density at radius 1 is 1.15 bits per heavy atom. The first-order valence-electron chi connectivity index (χ1n) is 4.20. The van der Waals surface area contributed by atoms with E-state index >= 15 is 0 Å². The highest BCUT2D eigenvalue weighted by molar-refractivity contribution is 5.41. The molecule has 13 heavy (non-hydrogen) atoms. The first-order valence-corrected chi connectivity index (χ1v) is 4.20. The molecule has 3 heteroatoms. The molecule has 3 nitrogen and oxygen atoms in total. The van der Waals surface area contributed by atoms with Gasteiger partial charge in [-0.3, -0.25) is 0 Å². The number of phenols is 2. The monoisotopic (exact) mass is 181 g/mol. The summed E-state index contributed by atoms with van der Waals surface area (Å²) < 4.78 is 0. The van der Waals surface area contributed by atoms with Gasteiger partial charge in [-0.15, -0.1) is 0 Å². The minimum atomic E-state index is -0.0743. The van der Waals surface area contributed by atoms with Gasteiger partial charge >= 0.3 is 0 Å². The lowest BCUT2D eigenvalue weighted by molar-refractivity contribution is 0.319. The second-order valence-corrected chi connectivity index (χ2v) is 3.39. The molecule has 0 aromatic heterocycles. The van der Waals surface area contributed by atoms with Crippen molar-refractivity contribution in [3.8, 4) is 11.5 Å². The van der Waals surface area contributed by atoms with E-state index in [0.717, 1.165) is 5.56 Å². The molecule has 1 aromatic rings. The molecule has 1 rings (SSSR count). The maximum Gasteiger partial charge on any atom is 0.157 e. The molecule has 0 saturated heterocycles. The Bertz CT molecular complexity index is 297. The highest BCUT2D eigenvalue weighted by Crippen LogP contribution is 2.28. The lowest BCUT2D eigenvalue weighted by Gasteiger charge is -2.20. The zero-order valence-corrected chi connectivity index (χ0v) is 8.15. The first kappa shape index (κ1) is 9.86. The Hall–Kier alpha value is -1.22. The van der Waals surface area contributed by atoms with Crippen LogP contribution in [0.2, 0.25) is 0 Å². The molecule has 0 radical (unpaired) electrons. The predicted molar refractivity (Wildman–Crippen MR) is 51.9 cm³/mol. The van der Waals surface area contributed by atoms with Crippen LogP contribution in [-0.4, -0.2) is 29.2 Å². The van der Waals surface area contributed by atoms with Crippen LogP contribution in [0.25, 0.3) is 0 Å². The average molecular weight is 181 g/mol. The normalized spacial score (nSPS) is 13.2. The van der Waals surface area contributed by atoms with Crippen molar-refractivity contribution in [1.82, 2.24) is 4.90 Å². The Morgan fingerprint density at radius 3 is 2.23 bits per heavy atom. The Labute approximate surface area is 78.2 Å². The van der Waals surface area contributed by atoms with Crippen molar-refractivity contribution in [2.24, 2.45) is 0 Å². The summed E-state index contributed by atoms with van der Waals surface area (Å²) in [6.45, 7) is 2.03. The summed E-state index contributed by atoms with van der Waals surface area (Å²) in [4.78, 5) is 2.03. The lowest BCUT2D eigenvalue weighted by atomic mass is 10.1. The Kier molecular flexibility index (Phi) is 2.78. The standard InChI is InChI=1S/C10H15NO2/c1-7(11(2)3)8-4-5-9(12)10(13)6-8/h4-7,12-13H,1-3H3. The molecular formula is C10H15NO2. The van der Waals surface area contributed by atoms with Crippen LogP contribution >= 0.6 is 0 Å². The molecule has 2 N–H and O–H groups in total. The minimum Gasteiger partial charge on any atom is -0.504 e. The summed E-state index contributed by atoms with van der Waals surface area (Å²) in [5, 5.41) is 18.4. The van der Waals surface area contributed by atoms with E-state index in [1.165, 1.54) is 6.07 Å². The van der Waals surface area contributed by atoms with E-state index in [-0.39, 0.29) is 17.5 Å². The number of benzene rings is 1. The fourth-order valence-corrected chi connectivity index (χ4v) is 1.10. The molecule has 0 fully saturated rings. The largest absolute Gasteiger partial charge is 0.504 e. The third-order valence-corrected chi connectivity index (χ3v) is 2.26. The summed E-state index contributed by atoms with van der Waals surface area (Å²) in [6, 6.07) is 5.12. The quantitative estimate of drug-likeness (QED) is 0.683. The van der Waals surface area contributed by atoms with Crippen molar-refractivity contribution < 1.29 is 10.2 Å². The van der Waals surface area contributed by atoms with Crippen molar-refractivity contribution in [2.75, 3.05) is 14.1 Å². The third kappa shape index (κ3) is 2.12.